The summed E-state index contributed by atoms with van der Waals surface area (Å²) in [5.41, 5.74) is 2.68. The van der Waals surface area contributed by atoms with Gasteiger partial charge in [-0.25, -0.2) is 13.3 Å². The predicted molar refractivity (Wildman–Crippen MR) is 140 cm³/mol. The number of carbonyl (C=O) groups excluding carboxylic acids is 1. The Morgan fingerprint density at radius 2 is 1.75 bits per heavy atom. The number of aryl methyl sites for hydroxylation is 2. The van der Waals surface area contributed by atoms with E-state index in [9.17, 15) is 13.2 Å². The molecule has 4 rings (SSSR count). The summed E-state index contributed by atoms with van der Waals surface area (Å²) in [6.45, 7) is 4.63. The minimum absolute atomic E-state index is 0.0342. The fourth-order valence-electron chi connectivity index (χ4n) is 3.56. The highest BCUT2D eigenvalue weighted by molar-refractivity contribution is 8.16. The number of nitrogens with one attached hydrogen (secondary N) is 1. The molecule has 36 heavy (non-hydrogen) atoms. The number of amidine groups is 3. The summed E-state index contributed by atoms with van der Waals surface area (Å²) < 4.78 is 45.0. The third-order valence-electron chi connectivity index (χ3n) is 5.25. The van der Waals surface area contributed by atoms with Crippen molar-refractivity contribution in [1.29, 1.82) is 5.41 Å². The molecular weight excluding hydrogens is 504 g/mol. The Balaban J connectivity index is 1.48. The second-order valence-corrected chi connectivity index (χ2v) is 10.7. The summed E-state index contributed by atoms with van der Waals surface area (Å²) in [4.78, 5) is 17.5. The van der Waals surface area contributed by atoms with Crippen molar-refractivity contribution in [3.63, 3.8) is 0 Å². The topological polar surface area (TPSA) is 131 Å². The van der Waals surface area contributed by atoms with Gasteiger partial charge in [-0.1, -0.05) is 23.8 Å². The van der Waals surface area contributed by atoms with Gasteiger partial charge in [-0.3, -0.25) is 10.2 Å². The van der Waals surface area contributed by atoms with Gasteiger partial charge in [0.25, 0.3) is 5.91 Å². The van der Waals surface area contributed by atoms with Gasteiger partial charge in [-0.15, -0.1) is 0 Å². The Hall–Kier alpha value is -3.64. The average Bonchev–Trinajstić information content (AvgIpc) is 3.25. The molecule has 0 aliphatic carbocycles. The molecule has 0 radical (unpaired) electrons. The lowest BCUT2D eigenvalue weighted by Gasteiger charge is -2.23. The van der Waals surface area contributed by atoms with Crippen molar-refractivity contribution in [2.45, 2.75) is 13.8 Å². The van der Waals surface area contributed by atoms with Gasteiger partial charge in [-0.05, 0) is 49.2 Å². The molecule has 0 bridgehead atoms. The van der Waals surface area contributed by atoms with Crippen molar-refractivity contribution in [3.8, 4) is 17.2 Å². The number of hydrogen-bond donors (Lipinski definition) is 1. The van der Waals surface area contributed by atoms with Crippen molar-refractivity contribution in [1.82, 2.24) is 4.90 Å². The summed E-state index contributed by atoms with van der Waals surface area (Å²) in [5.74, 6) is 0.722. The Morgan fingerprint density at radius 3 is 2.42 bits per heavy atom. The molecule has 10 nitrogen and oxygen atoms in total. The quantitative estimate of drug-likeness (QED) is 0.329. The number of amides is 1. The smallest absolute Gasteiger partial charge is 0.283 e. The van der Waals surface area contributed by atoms with E-state index in [0.717, 1.165) is 40.0 Å². The molecule has 0 saturated carbocycles. The van der Waals surface area contributed by atoms with Crippen LogP contribution in [0.25, 0.3) is 6.08 Å². The monoisotopic (exact) mass is 528 g/mol. The number of rotatable bonds is 7. The van der Waals surface area contributed by atoms with E-state index in [1.807, 2.05) is 32.0 Å². The number of nitrogens with zero attached hydrogens (tertiary/aromatic N) is 3. The van der Waals surface area contributed by atoms with Gasteiger partial charge in [0.1, 0.15) is 24.8 Å². The molecule has 2 aromatic rings. The zero-order valence-corrected chi connectivity index (χ0v) is 21.7. The third-order valence-corrected chi connectivity index (χ3v) is 7.01. The van der Waals surface area contributed by atoms with E-state index in [-0.39, 0.29) is 28.4 Å². The normalized spacial score (nSPS) is 16.6. The minimum atomic E-state index is -3.72. The first kappa shape index (κ1) is 25.5. The van der Waals surface area contributed by atoms with Crippen LogP contribution in [-0.4, -0.2) is 62.0 Å². The lowest BCUT2D eigenvalue weighted by Crippen LogP contribution is -2.45. The summed E-state index contributed by atoms with van der Waals surface area (Å²) in [7, 11) is -2.23. The van der Waals surface area contributed by atoms with E-state index in [2.05, 4.69) is 9.39 Å². The largest absolute Gasteiger partial charge is 0.493 e. The Morgan fingerprint density at radius 1 is 1.06 bits per heavy atom. The fraction of sp³-hybridized carbons (Fsp3) is 0.250. The van der Waals surface area contributed by atoms with Crippen molar-refractivity contribution in [3.05, 3.63) is 58.7 Å². The van der Waals surface area contributed by atoms with Gasteiger partial charge >= 0.3 is 0 Å². The van der Waals surface area contributed by atoms with Crippen molar-refractivity contribution >= 4 is 49.9 Å². The van der Waals surface area contributed by atoms with Gasteiger partial charge < -0.3 is 14.2 Å². The van der Waals surface area contributed by atoms with Crippen LogP contribution in [-0.2, 0) is 14.6 Å². The molecule has 2 aliphatic heterocycles. The van der Waals surface area contributed by atoms with Crippen LogP contribution < -0.4 is 14.2 Å². The highest BCUT2D eigenvalue weighted by atomic mass is 32.2. The predicted octanol–water partition coefficient (Wildman–Crippen LogP) is 3.39. The number of methoxy groups -OCH3 is 1. The molecular formula is C24H24N4O6S2. The van der Waals surface area contributed by atoms with Crippen LogP contribution >= 0.6 is 11.9 Å². The zero-order valence-electron chi connectivity index (χ0n) is 20.1. The number of hydrogen-bond acceptors (Lipinski definition) is 9. The Labute approximate surface area is 213 Å². The lowest BCUT2D eigenvalue weighted by atomic mass is 10.1. The number of ether oxygens (including phenoxy) is 3. The Kier molecular flexibility index (Phi) is 7.18. The highest BCUT2D eigenvalue weighted by Gasteiger charge is 2.41. The molecule has 1 N–H and O–H groups in total. The molecule has 0 spiro atoms. The van der Waals surface area contributed by atoms with Crippen LogP contribution in [0.4, 0.5) is 0 Å². The van der Waals surface area contributed by atoms with Crippen LogP contribution in [0.5, 0.6) is 17.2 Å². The molecule has 0 fully saturated rings. The van der Waals surface area contributed by atoms with Gasteiger partial charge in [0.05, 0.1) is 24.6 Å². The number of fused-ring (bicyclic) bond motifs is 1. The maximum Gasteiger partial charge on any atom is 0.283 e. The van der Waals surface area contributed by atoms with Crippen molar-refractivity contribution < 1.29 is 27.4 Å². The van der Waals surface area contributed by atoms with Crippen molar-refractivity contribution in [2.24, 2.45) is 9.39 Å². The number of carbonyl (C=O) groups is 1. The van der Waals surface area contributed by atoms with Crippen LogP contribution in [0, 0.1) is 19.3 Å². The molecule has 12 heteroatoms. The molecule has 1 amide bonds. The molecule has 2 aliphatic rings. The molecule has 188 valence electrons. The molecule has 0 saturated heterocycles. The van der Waals surface area contributed by atoms with Crippen molar-refractivity contribution in [2.75, 3.05) is 26.6 Å². The number of benzene rings is 2. The molecule has 0 aromatic heterocycles. The van der Waals surface area contributed by atoms with E-state index in [0.29, 0.717) is 23.7 Å². The van der Waals surface area contributed by atoms with E-state index in [1.165, 1.54) is 13.2 Å². The SMILES string of the molecule is COc1cc(/C=C2/C(=N)N3C(=NC2=O)SN=C3S(C)(=O)=O)ccc1OCCOc1ccc(C)cc1C. The molecule has 2 aromatic carbocycles. The first-order chi connectivity index (χ1) is 17.1. The summed E-state index contributed by atoms with van der Waals surface area (Å²) >= 11 is 0.743. The summed E-state index contributed by atoms with van der Waals surface area (Å²) in [6.07, 6.45) is 2.43. The van der Waals surface area contributed by atoms with Crippen LogP contribution in [0.3, 0.4) is 0 Å². The van der Waals surface area contributed by atoms with E-state index in [4.69, 9.17) is 19.6 Å². The molecule has 2 heterocycles. The van der Waals surface area contributed by atoms with Crippen LogP contribution in [0.2, 0.25) is 0 Å². The first-order valence-electron chi connectivity index (χ1n) is 10.8. The zero-order chi connectivity index (χ0) is 26.0. The minimum Gasteiger partial charge on any atom is -0.493 e. The van der Waals surface area contributed by atoms with Crippen LogP contribution in [0.15, 0.2) is 51.4 Å². The van der Waals surface area contributed by atoms with Gasteiger partial charge in [0.15, 0.2) is 11.5 Å². The number of sulfone groups is 1. The second-order valence-electron chi connectivity index (χ2n) is 8.06. The van der Waals surface area contributed by atoms with E-state index >= 15 is 0 Å². The summed E-state index contributed by atoms with van der Waals surface area (Å²) in [6, 6.07) is 11.0. The molecule has 0 unspecified atom stereocenters. The maximum absolute atomic E-state index is 12.6. The number of aliphatic imine (C=N–C) groups is 1. The fourth-order valence-corrected chi connectivity index (χ4v) is 5.41. The third kappa shape index (κ3) is 5.29. The van der Waals surface area contributed by atoms with E-state index in [1.54, 1.807) is 18.2 Å². The van der Waals surface area contributed by atoms with E-state index < -0.39 is 15.7 Å². The average molecular weight is 529 g/mol. The first-order valence-corrected chi connectivity index (χ1v) is 13.4. The second kappa shape index (κ2) is 10.2. The lowest BCUT2D eigenvalue weighted by molar-refractivity contribution is -0.114. The Bertz CT molecular complexity index is 1450. The van der Waals surface area contributed by atoms with Gasteiger partial charge in [-0.2, -0.15) is 9.39 Å². The van der Waals surface area contributed by atoms with Gasteiger partial charge in [0.2, 0.25) is 20.2 Å². The maximum atomic E-state index is 12.6. The standard InChI is InChI=1S/C24H24N4O6S2/c1-14-5-7-18(15(2)11-14)33-9-10-34-19-8-6-16(13-20(19)32-3)12-17-21(25)28-23(26-22(17)29)35-27-24(28)36(4,30)31/h5-8,11-13,25H,9-10H2,1-4H3/b17-12-,25-21?. The highest BCUT2D eigenvalue weighted by Crippen LogP contribution is 2.32. The summed E-state index contributed by atoms with van der Waals surface area (Å²) in [5, 5.41) is 8.14. The van der Waals surface area contributed by atoms with Crippen LogP contribution in [0.1, 0.15) is 16.7 Å². The van der Waals surface area contributed by atoms with Gasteiger partial charge in [0, 0.05) is 6.26 Å². The molecule has 0 atom stereocenters.